The summed E-state index contributed by atoms with van der Waals surface area (Å²) in [5.41, 5.74) is 1.00. The van der Waals surface area contributed by atoms with Gasteiger partial charge in [0, 0.05) is 24.9 Å². The third-order valence-corrected chi connectivity index (χ3v) is 2.36. The van der Waals surface area contributed by atoms with Gasteiger partial charge >= 0.3 is 0 Å². The fraction of sp³-hybridized carbons (Fsp3) is 0.600. The van der Waals surface area contributed by atoms with Crippen molar-refractivity contribution in [1.29, 1.82) is 0 Å². The Morgan fingerprint density at radius 1 is 1.62 bits per heavy atom. The highest BCUT2D eigenvalue weighted by molar-refractivity contribution is 5.80. The molecule has 0 bridgehead atoms. The molecule has 2 heterocycles. The third kappa shape index (κ3) is 3.04. The molecule has 0 spiro atoms. The van der Waals surface area contributed by atoms with Gasteiger partial charge in [-0.3, -0.25) is 4.79 Å². The van der Waals surface area contributed by atoms with Gasteiger partial charge in [0.05, 0.1) is 26.1 Å². The van der Waals surface area contributed by atoms with E-state index in [2.05, 4.69) is 15.3 Å². The van der Waals surface area contributed by atoms with E-state index in [1.807, 2.05) is 0 Å². The first-order valence-electron chi connectivity index (χ1n) is 5.30. The van der Waals surface area contributed by atoms with Crippen molar-refractivity contribution in [1.82, 2.24) is 15.3 Å². The molecule has 1 atom stereocenters. The van der Waals surface area contributed by atoms with Crippen LogP contribution < -0.4 is 5.32 Å². The molecular weight excluding hydrogens is 210 g/mol. The van der Waals surface area contributed by atoms with Crippen LogP contribution in [0.3, 0.4) is 0 Å². The minimum Gasteiger partial charge on any atom is -0.376 e. The average molecular weight is 225 g/mol. The Balaban J connectivity index is 1.67. The number of carbonyl (C=O) groups excluding carboxylic acids is 1. The molecule has 1 unspecified atom stereocenters. The largest absolute Gasteiger partial charge is 0.376 e. The van der Waals surface area contributed by atoms with E-state index in [1.165, 1.54) is 0 Å². The first-order valence-corrected chi connectivity index (χ1v) is 5.30. The maximum Gasteiger partial charge on any atom is 0.251 e. The predicted octanol–water partition coefficient (Wildman–Crippen LogP) is -0.516. The number of hydrogen-bond acceptors (Lipinski definition) is 4. The van der Waals surface area contributed by atoms with Crippen LogP contribution in [0, 0.1) is 0 Å². The molecule has 1 aromatic heterocycles. The predicted molar refractivity (Wildman–Crippen MR) is 55.9 cm³/mol. The summed E-state index contributed by atoms with van der Waals surface area (Å²) in [5, 5.41) is 2.80. The van der Waals surface area contributed by atoms with Gasteiger partial charge in [0.2, 0.25) is 0 Å². The van der Waals surface area contributed by atoms with Gasteiger partial charge in [0.15, 0.2) is 6.10 Å². The number of rotatable bonds is 4. The second kappa shape index (κ2) is 5.62. The first kappa shape index (κ1) is 11.1. The Morgan fingerprint density at radius 3 is 3.25 bits per heavy atom. The number of amides is 1. The van der Waals surface area contributed by atoms with Gasteiger partial charge < -0.3 is 19.8 Å². The Bertz CT molecular complexity index is 320. The van der Waals surface area contributed by atoms with Crippen molar-refractivity contribution in [3.8, 4) is 0 Å². The van der Waals surface area contributed by atoms with Gasteiger partial charge in [-0.15, -0.1) is 0 Å². The van der Waals surface area contributed by atoms with Crippen molar-refractivity contribution in [2.24, 2.45) is 0 Å². The van der Waals surface area contributed by atoms with Gasteiger partial charge in [0.25, 0.3) is 5.91 Å². The van der Waals surface area contributed by atoms with E-state index in [1.54, 1.807) is 12.5 Å². The summed E-state index contributed by atoms with van der Waals surface area (Å²) < 4.78 is 10.4. The summed E-state index contributed by atoms with van der Waals surface area (Å²) in [6.45, 7) is 1.97. The zero-order valence-electron chi connectivity index (χ0n) is 8.94. The monoisotopic (exact) mass is 225 g/mol. The molecule has 6 nitrogen and oxygen atoms in total. The van der Waals surface area contributed by atoms with Crippen molar-refractivity contribution < 1.29 is 14.3 Å². The van der Waals surface area contributed by atoms with Gasteiger partial charge in [-0.05, 0) is 0 Å². The van der Waals surface area contributed by atoms with E-state index >= 15 is 0 Å². The van der Waals surface area contributed by atoms with Crippen LogP contribution in [0.25, 0.3) is 0 Å². The van der Waals surface area contributed by atoms with Crippen LogP contribution in [0.5, 0.6) is 0 Å². The van der Waals surface area contributed by atoms with Gasteiger partial charge in [-0.2, -0.15) is 0 Å². The summed E-state index contributed by atoms with van der Waals surface area (Å²) in [6.07, 6.45) is 3.64. The zero-order chi connectivity index (χ0) is 11.2. The number of imidazole rings is 1. The average Bonchev–Trinajstić information content (AvgIpc) is 2.83. The number of hydrogen-bond donors (Lipinski definition) is 2. The second-order valence-electron chi connectivity index (χ2n) is 3.55. The van der Waals surface area contributed by atoms with Crippen LogP contribution >= 0.6 is 0 Å². The van der Waals surface area contributed by atoms with Crippen molar-refractivity contribution >= 4 is 5.91 Å². The fourth-order valence-electron chi connectivity index (χ4n) is 1.49. The molecule has 88 valence electrons. The summed E-state index contributed by atoms with van der Waals surface area (Å²) in [7, 11) is 0. The SMILES string of the molecule is O=C(NCCc1cnc[nH]1)C1COCCO1. The molecular formula is C10H15N3O3. The highest BCUT2D eigenvalue weighted by Gasteiger charge is 2.21. The molecule has 1 aliphatic heterocycles. The normalized spacial score (nSPS) is 20.6. The van der Waals surface area contributed by atoms with Crippen molar-refractivity contribution in [3.05, 3.63) is 18.2 Å². The van der Waals surface area contributed by atoms with Crippen molar-refractivity contribution in [3.63, 3.8) is 0 Å². The summed E-state index contributed by atoms with van der Waals surface area (Å²) in [6, 6.07) is 0. The lowest BCUT2D eigenvalue weighted by Gasteiger charge is -2.21. The van der Waals surface area contributed by atoms with Crippen LogP contribution in [0.1, 0.15) is 5.69 Å². The van der Waals surface area contributed by atoms with E-state index < -0.39 is 6.10 Å². The van der Waals surface area contributed by atoms with E-state index in [0.29, 0.717) is 26.4 Å². The summed E-state index contributed by atoms with van der Waals surface area (Å²) >= 11 is 0. The quantitative estimate of drug-likeness (QED) is 0.723. The van der Waals surface area contributed by atoms with Gasteiger partial charge in [-0.1, -0.05) is 0 Å². The number of H-pyrrole nitrogens is 1. The molecule has 1 fully saturated rings. The molecule has 1 amide bonds. The minimum absolute atomic E-state index is 0.112. The Hall–Kier alpha value is -1.40. The van der Waals surface area contributed by atoms with Crippen LogP contribution in [-0.4, -0.2) is 48.3 Å². The Kier molecular flexibility index (Phi) is 3.90. The number of nitrogens with one attached hydrogen (secondary N) is 2. The molecule has 0 saturated carbocycles. The first-order chi connectivity index (χ1) is 7.86. The maximum absolute atomic E-state index is 11.6. The molecule has 16 heavy (non-hydrogen) atoms. The lowest BCUT2D eigenvalue weighted by molar-refractivity contribution is -0.147. The Morgan fingerprint density at radius 2 is 2.56 bits per heavy atom. The van der Waals surface area contributed by atoms with Crippen molar-refractivity contribution in [2.75, 3.05) is 26.4 Å². The van der Waals surface area contributed by atoms with Crippen LogP contribution in [0.15, 0.2) is 12.5 Å². The summed E-state index contributed by atoms with van der Waals surface area (Å²) in [4.78, 5) is 18.5. The third-order valence-electron chi connectivity index (χ3n) is 2.36. The van der Waals surface area contributed by atoms with E-state index in [4.69, 9.17) is 9.47 Å². The second-order valence-corrected chi connectivity index (χ2v) is 3.55. The van der Waals surface area contributed by atoms with Crippen LogP contribution in [-0.2, 0) is 20.7 Å². The summed E-state index contributed by atoms with van der Waals surface area (Å²) in [5.74, 6) is -0.112. The van der Waals surface area contributed by atoms with Crippen LogP contribution in [0.4, 0.5) is 0 Å². The van der Waals surface area contributed by atoms with Crippen molar-refractivity contribution in [2.45, 2.75) is 12.5 Å². The number of aromatic nitrogens is 2. The fourth-order valence-corrected chi connectivity index (χ4v) is 1.49. The van der Waals surface area contributed by atoms with E-state index in [9.17, 15) is 4.79 Å². The number of nitrogens with zero attached hydrogens (tertiary/aromatic N) is 1. The minimum atomic E-state index is -0.462. The molecule has 2 rings (SSSR count). The molecule has 1 aromatic rings. The number of ether oxygens (including phenoxy) is 2. The molecule has 6 heteroatoms. The zero-order valence-corrected chi connectivity index (χ0v) is 8.94. The van der Waals surface area contributed by atoms with E-state index in [0.717, 1.165) is 12.1 Å². The standard InChI is InChI=1S/C10H15N3O3/c14-10(9-6-15-3-4-16-9)12-2-1-8-5-11-7-13-8/h5,7,9H,1-4,6H2,(H,11,13)(H,12,14). The highest BCUT2D eigenvalue weighted by atomic mass is 16.6. The smallest absolute Gasteiger partial charge is 0.251 e. The molecule has 0 aliphatic carbocycles. The van der Waals surface area contributed by atoms with E-state index in [-0.39, 0.29) is 5.91 Å². The molecule has 2 N–H and O–H groups in total. The molecule has 0 radical (unpaired) electrons. The number of aromatic amines is 1. The van der Waals surface area contributed by atoms with Gasteiger partial charge in [-0.25, -0.2) is 4.98 Å². The topological polar surface area (TPSA) is 76.2 Å². The maximum atomic E-state index is 11.6. The molecule has 0 aromatic carbocycles. The molecule has 1 saturated heterocycles. The lowest BCUT2D eigenvalue weighted by Crippen LogP contribution is -2.43. The number of carbonyl (C=O) groups is 1. The molecule has 1 aliphatic rings. The van der Waals surface area contributed by atoms with Gasteiger partial charge in [0.1, 0.15) is 0 Å². The van der Waals surface area contributed by atoms with Crippen LogP contribution in [0.2, 0.25) is 0 Å². The lowest BCUT2D eigenvalue weighted by atomic mass is 10.3. The Labute approximate surface area is 93.3 Å². The highest BCUT2D eigenvalue weighted by Crippen LogP contribution is 2.00.